The van der Waals surface area contributed by atoms with Gasteiger partial charge in [-0.25, -0.2) is 0 Å². The average molecular weight is 186 g/mol. The van der Waals surface area contributed by atoms with E-state index in [1.807, 2.05) is 0 Å². The van der Waals surface area contributed by atoms with Gasteiger partial charge < -0.3 is 10.2 Å². The van der Waals surface area contributed by atoms with E-state index in [2.05, 4.69) is 24.1 Å². The molecule has 3 nitrogen and oxygen atoms in total. The van der Waals surface area contributed by atoms with Crippen molar-refractivity contribution in [3.8, 4) is 0 Å². The fraction of sp³-hybridized carbons (Fsp3) is 0.900. The molecule has 78 valence electrons. The minimum absolute atomic E-state index is 0.0681. The number of nitrogens with one attached hydrogen (secondary N) is 1. The third-order valence-electron chi connectivity index (χ3n) is 2.01. The number of nitrogens with zero attached hydrogens (tertiary/aromatic N) is 1. The molecule has 13 heavy (non-hydrogen) atoms. The first-order valence-corrected chi connectivity index (χ1v) is 5.17. The van der Waals surface area contributed by atoms with Gasteiger partial charge in [0.15, 0.2) is 0 Å². The van der Waals surface area contributed by atoms with Crippen LogP contribution < -0.4 is 5.32 Å². The maximum atomic E-state index is 10.6. The van der Waals surface area contributed by atoms with E-state index in [9.17, 15) is 4.79 Å². The summed E-state index contributed by atoms with van der Waals surface area (Å²) in [6.07, 6.45) is 2.25. The molecule has 0 aliphatic rings. The molecule has 0 aromatic rings. The Bertz CT molecular complexity index is 137. The van der Waals surface area contributed by atoms with Crippen molar-refractivity contribution in [1.82, 2.24) is 10.2 Å². The molecule has 0 saturated heterocycles. The smallest absolute Gasteiger partial charge is 0.216 e. The summed E-state index contributed by atoms with van der Waals surface area (Å²) in [4.78, 5) is 13.0. The van der Waals surface area contributed by atoms with Gasteiger partial charge in [-0.2, -0.15) is 0 Å². The van der Waals surface area contributed by atoms with Gasteiger partial charge in [0.1, 0.15) is 0 Å². The molecule has 0 rings (SSSR count). The van der Waals surface area contributed by atoms with E-state index < -0.39 is 0 Å². The Morgan fingerprint density at radius 1 is 1.31 bits per heavy atom. The van der Waals surface area contributed by atoms with Crippen molar-refractivity contribution in [3.63, 3.8) is 0 Å². The molecule has 0 fully saturated rings. The van der Waals surface area contributed by atoms with Crippen LogP contribution in [0.3, 0.4) is 0 Å². The van der Waals surface area contributed by atoms with Crippen LogP contribution in [0, 0.1) is 0 Å². The lowest BCUT2D eigenvalue weighted by atomic mass is 10.3. The van der Waals surface area contributed by atoms with Crippen LogP contribution in [0.25, 0.3) is 0 Å². The highest BCUT2D eigenvalue weighted by atomic mass is 16.1. The predicted octanol–water partition coefficient (Wildman–Crippen LogP) is 1.24. The highest BCUT2D eigenvalue weighted by molar-refractivity contribution is 5.72. The Labute approximate surface area is 81.5 Å². The minimum atomic E-state index is 0.0681. The van der Waals surface area contributed by atoms with Gasteiger partial charge in [-0.1, -0.05) is 13.8 Å². The Balaban J connectivity index is 3.32. The van der Waals surface area contributed by atoms with Crippen molar-refractivity contribution in [1.29, 1.82) is 0 Å². The van der Waals surface area contributed by atoms with E-state index in [4.69, 9.17) is 0 Å². The molecule has 0 unspecified atom stereocenters. The maximum absolute atomic E-state index is 10.6. The second-order valence-electron chi connectivity index (χ2n) is 3.27. The Morgan fingerprint density at radius 2 is 2.00 bits per heavy atom. The number of carbonyl (C=O) groups excluding carboxylic acids is 1. The Kier molecular flexibility index (Phi) is 7.69. The SMILES string of the molecule is CCCN(CC)CCCNC(C)=O. The molecular weight excluding hydrogens is 164 g/mol. The molecule has 0 aromatic heterocycles. The standard InChI is InChI=1S/C10H22N2O/c1-4-8-12(5-2)9-6-7-11-10(3)13/h4-9H2,1-3H3,(H,11,13). The highest BCUT2D eigenvalue weighted by Gasteiger charge is 1.99. The van der Waals surface area contributed by atoms with E-state index in [1.54, 1.807) is 6.92 Å². The van der Waals surface area contributed by atoms with Crippen molar-refractivity contribution >= 4 is 5.91 Å². The van der Waals surface area contributed by atoms with Crippen LogP contribution in [0.1, 0.15) is 33.6 Å². The molecule has 0 aliphatic carbocycles. The molecule has 0 aliphatic heterocycles. The summed E-state index contributed by atoms with van der Waals surface area (Å²) in [5.41, 5.74) is 0. The summed E-state index contributed by atoms with van der Waals surface area (Å²) in [5.74, 6) is 0.0681. The van der Waals surface area contributed by atoms with Crippen LogP contribution in [0.2, 0.25) is 0 Å². The molecular formula is C10H22N2O. The summed E-state index contributed by atoms with van der Waals surface area (Å²) in [7, 11) is 0. The topological polar surface area (TPSA) is 32.3 Å². The lowest BCUT2D eigenvalue weighted by Gasteiger charge is -2.19. The number of amides is 1. The van der Waals surface area contributed by atoms with Crippen LogP contribution in [-0.4, -0.2) is 37.0 Å². The molecule has 0 bridgehead atoms. The fourth-order valence-electron chi connectivity index (χ4n) is 1.31. The van der Waals surface area contributed by atoms with Crippen molar-refractivity contribution in [2.75, 3.05) is 26.2 Å². The zero-order chi connectivity index (χ0) is 10.1. The van der Waals surface area contributed by atoms with E-state index >= 15 is 0 Å². The summed E-state index contributed by atoms with van der Waals surface area (Å²) < 4.78 is 0. The number of carbonyl (C=O) groups is 1. The molecule has 0 saturated carbocycles. The van der Waals surface area contributed by atoms with Gasteiger partial charge >= 0.3 is 0 Å². The summed E-state index contributed by atoms with van der Waals surface area (Å²) in [6, 6.07) is 0. The largest absolute Gasteiger partial charge is 0.356 e. The van der Waals surface area contributed by atoms with Gasteiger partial charge in [0, 0.05) is 13.5 Å². The normalized spacial score (nSPS) is 10.5. The summed E-state index contributed by atoms with van der Waals surface area (Å²) in [6.45, 7) is 10.1. The molecule has 1 amide bonds. The zero-order valence-electron chi connectivity index (χ0n) is 9.10. The van der Waals surface area contributed by atoms with E-state index in [-0.39, 0.29) is 5.91 Å². The first-order chi connectivity index (χ1) is 6.20. The number of hydrogen-bond acceptors (Lipinski definition) is 2. The summed E-state index contributed by atoms with van der Waals surface area (Å²) in [5, 5.41) is 2.80. The Morgan fingerprint density at radius 3 is 2.46 bits per heavy atom. The second-order valence-corrected chi connectivity index (χ2v) is 3.27. The lowest BCUT2D eigenvalue weighted by molar-refractivity contribution is -0.118. The number of rotatable bonds is 7. The van der Waals surface area contributed by atoms with Crippen LogP contribution >= 0.6 is 0 Å². The van der Waals surface area contributed by atoms with E-state index in [1.165, 1.54) is 6.42 Å². The third-order valence-corrected chi connectivity index (χ3v) is 2.01. The summed E-state index contributed by atoms with van der Waals surface area (Å²) >= 11 is 0. The van der Waals surface area contributed by atoms with Gasteiger partial charge in [-0.05, 0) is 32.5 Å². The zero-order valence-corrected chi connectivity index (χ0v) is 9.10. The van der Waals surface area contributed by atoms with Gasteiger partial charge in [0.2, 0.25) is 5.91 Å². The van der Waals surface area contributed by atoms with E-state index in [0.717, 1.165) is 32.6 Å². The monoisotopic (exact) mass is 186 g/mol. The molecule has 0 heterocycles. The highest BCUT2D eigenvalue weighted by Crippen LogP contribution is 1.92. The molecule has 0 atom stereocenters. The van der Waals surface area contributed by atoms with Crippen molar-refractivity contribution < 1.29 is 4.79 Å². The molecule has 0 aromatic carbocycles. The quantitative estimate of drug-likeness (QED) is 0.607. The van der Waals surface area contributed by atoms with Gasteiger partial charge in [0.25, 0.3) is 0 Å². The Hall–Kier alpha value is -0.570. The van der Waals surface area contributed by atoms with Crippen molar-refractivity contribution in [3.05, 3.63) is 0 Å². The van der Waals surface area contributed by atoms with Crippen molar-refractivity contribution in [2.45, 2.75) is 33.6 Å². The first-order valence-electron chi connectivity index (χ1n) is 5.17. The predicted molar refractivity (Wildman–Crippen MR) is 55.7 cm³/mol. The second kappa shape index (κ2) is 8.05. The average Bonchev–Trinajstić information content (AvgIpc) is 2.10. The van der Waals surface area contributed by atoms with Crippen LogP contribution in [0.15, 0.2) is 0 Å². The lowest BCUT2D eigenvalue weighted by Crippen LogP contribution is -2.29. The first kappa shape index (κ1) is 12.4. The van der Waals surface area contributed by atoms with E-state index in [0.29, 0.717) is 0 Å². The van der Waals surface area contributed by atoms with Gasteiger partial charge in [0.05, 0.1) is 0 Å². The molecule has 0 spiro atoms. The van der Waals surface area contributed by atoms with Crippen LogP contribution in [0.4, 0.5) is 0 Å². The van der Waals surface area contributed by atoms with Crippen molar-refractivity contribution in [2.24, 2.45) is 0 Å². The maximum Gasteiger partial charge on any atom is 0.216 e. The molecule has 1 N–H and O–H groups in total. The fourth-order valence-corrected chi connectivity index (χ4v) is 1.31. The third kappa shape index (κ3) is 7.78. The van der Waals surface area contributed by atoms with Gasteiger partial charge in [-0.3, -0.25) is 4.79 Å². The molecule has 3 heteroatoms. The van der Waals surface area contributed by atoms with Gasteiger partial charge in [-0.15, -0.1) is 0 Å². The number of hydrogen-bond donors (Lipinski definition) is 1. The van der Waals surface area contributed by atoms with Crippen LogP contribution in [-0.2, 0) is 4.79 Å². The minimum Gasteiger partial charge on any atom is -0.356 e. The molecule has 0 radical (unpaired) electrons. The van der Waals surface area contributed by atoms with Crippen LogP contribution in [0.5, 0.6) is 0 Å².